The van der Waals surface area contributed by atoms with Gasteiger partial charge in [0.05, 0.1) is 14.2 Å². The van der Waals surface area contributed by atoms with Crippen molar-refractivity contribution in [1.29, 1.82) is 0 Å². The number of nitrogens with zero attached hydrogens (tertiary/aromatic N) is 4. The average molecular weight is 603 g/mol. The van der Waals surface area contributed by atoms with Gasteiger partial charge in [-0.2, -0.15) is 9.13 Å². The molecule has 0 aliphatic heterocycles. The standard InChI is InChI=1S/2C16H17N2O.H2O4S/c2*1-4-11-9-10-14-15(16(11)19-3)17-12-7-5-6-8-13(12)18(14)2;1-5(2,3)4/h2*5-10H,4H2,1-3H3;(H2,1,2,3,4)/q2*+1;/p-2. The van der Waals surface area contributed by atoms with E-state index in [0.29, 0.717) is 0 Å². The molecule has 0 aliphatic carbocycles. The van der Waals surface area contributed by atoms with Crippen LogP contribution in [0.1, 0.15) is 25.0 Å². The van der Waals surface area contributed by atoms with Crippen LogP contribution in [0, 0.1) is 0 Å². The van der Waals surface area contributed by atoms with Crippen LogP contribution in [-0.2, 0) is 37.3 Å². The molecule has 10 nitrogen and oxygen atoms in total. The molecule has 0 fully saturated rings. The molecule has 0 amide bonds. The zero-order valence-corrected chi connectivity index (χ0v) is 25.8. The third-order valence-electron chi connectivity index (χ3n) is 7.23. The molecule has 2 aromatic heterocycles. The fourth-order valence-electron chi connectivity index (χ4n) is 5.16. The molecule has 6 rings (SSSR count). The monoisotopic (exact) mass is 602 g/mol. The quantitative estimate of drug-likeness (QED) is 0.127. The summed E-state index contributed by atoms with van der Waals surface area (Å²) in [4.78, 5) is 9.54. The van der Waals surface area contributed by atoms with Crippen molar-refractivity contribution in [2.45, 2.75) is 26.7 Å². The van der Waals surface area contributed by atoms with Gasteiger partial charge in [0.25, 0.3) is 0 Å². The van der Waals surface area contributed by atoms with Gasteiger partial charge in [0, 0.05) is 34.7 Å². The fraction of sp³-hybridized carbons (Fsp3) is 0.250. The maximum atomic E-state index is 8.52. The lowest BCUT2D eigenvalue weighted by atomic mass is 10.1. The normalized spacial score (nSPS) is 11.2. The first-order valence-electron chi connectivity index (χ1n) is 13.7. The highest BCUT2D eigenvalue weighted by molar-refractivity contribution is 7.79. The second-order valence-electron chi connectivity index (χ2n) is 9.69. The van der Waals surface area contributed by atoms with E-state index in [1.807, 2.05) is 36.4 Å². The summed E-state index contributed by atoms with van der Waals surface area (Å²) in [5.74, 6) is 1.78. The summed E-state index contributed by atoms with van der Waals surface area (Å²) in [5, 5.41) is 0. The van der Waals surface area contributed by atoms with Gasteiger partial charge in [0.1, 0.15) is 25.1 Å². The summed E-state index contributed by atoms with van der Waals surface area (Å²) in [5.41, 5.74) is 10.7. The van der Waals surface area contributed by atoms with Gasteiger partial charge in [0.2, 0.25) is 22.1 Å². The molecule has 0 saturated carbocycles. The number of para-hydroxylation sites is 4. The number of aromatic nitrogens is 4. The van der Waals surface area contributed by atoms with E-state index < -0.39 is 10.4 Å². The van der Waals surface area contributed by atoms with Gasteiger partial charge in [-0.05, 0) is 48.2 Å². The minimum absolute atomic E-state index is 0.890. The molecule has 11 heteroatoms. The molecule has 0 atom stereocenters. The Morgan fingerprint density at radius 1 is 0.628 bits per heavy atom. The number of methoxy groups -OCH3 is 2. The molecule has 224 valence electrons. The average Bonchev–Trinajstić information content (AvgIpc) is 2.99. The Labute approximate surface area is 250 Å². The second kappa shape index (κ2) is 13.2. The number of benzene rings is 4. The summed E-state index contributed by atoms with van der Waals surface area (Å²) in [6.45, 7) is 4.26. The van der Waals surface area contributed by atoms with Crippen LogP contribution in [0.3, 0.4) is 0 Å². The Morgan fingerprint density at radius 2 is 0.977 bits per heavy atom. The predicted molar refractivity (Wildman–Crippen MR) is 163 cm³/mol. The van der Waals surface area contributed by atoms with Crippen LogP contribution in [0.2, 0.25) is 0 Å². The van der Waals surface area contributed by atoms with Gasteiger partial charge in [-0.15, -0.1) is 0 Å². The van der Waals surface area contributed by atoms with Crippen LogP contribution in [0.4, 0.5) is 0 Å². The maximum absolute atomic E-state index is 8.52. The van der Waals surface area contributed by atoms with E-state index in [2.05, 4.69) is 73.5 Å². The van der Waals surface area contributed by atoms with Crippen LogP contribution in [0.25, 0.3) is 44.1 Å². The largest absolute Gasteiger partial charge is 0.759 e. The highest BCUT2D eigenvalue weighted by Crippen LogP contribution is 2.29. The van der Waals surface area contributed by atoms with E-state index in [1.165, 1.54) is 11.1 Å². The lowest BCUT2D eigenvalue weighted by Crippen LogP contribution is -2.30. The van der Waals surface area contributed by atoms with E-state index in [9.17, 15) is 0 Å². The number of hydrogen-bond acceptors (Lipinski definition) is 8. The number of fused-ring (bicyclic) bond motifs is 4. The van der Waals surface area contributed by atoms with Crippen LogP contribution in [0.15, 0.2) is 72.8 Å². The van der Waals surface area contributed by atoms with Crippen molar-refractivity contribution in [2.24, 2.45) is 14.1 Å². The van der Waals surface area contributed by atoms with Gasteiger partial charge in [0.15, 0.2) is 22.5 Å². The zero-order valence-electron chi connectivity index (χ0n) is 25.0. The highest BCUT2D eigenvalue weighted by Gasteiger charge is 2.19. The van der Waals surface area contributed by atoms with Crippen LogP contribution < -0.4 is 18.6 Å². The fourth-order valence-corrected chi connectivity index (χ4v) is 5.16. The van der Waals surface area contributed by atoms with Gasteiger partial charge < -0.3 is 18.6 Å². The Kier molecular flexibility index (Phi) is 9.70. The Morgan fingerprint density at radius 3 is 1.30 bits per heavy atom. The minimum Gasteiger partial charge on any atom is -0.759 e. The summed E-state index contributed by atoms with van der Waals surface area (Å²) >= 11 is 0. The third kappa shape index (κ3) is 6.80. The van der Waals surface area contributed by atoms with Crippen molar-refractivity contribution in [3.05, 3.63) is 83.9 Å². The topological polar surface area (TPSA) is 132 Å². The van der Waals surface area contributed by atoms with Gasteiger partial charge >= 0.3 is 0 Å². The molecule has 43 heavy (non-hydrogen) atoms. The van der Waals surface area contributed by atoms with Crippen molar-refractivity contribution < 1.29 is 36.1 Å². The number of aryl methyl sites for hydroxylation is 4. The molecule has 2 heterocycles. The Balaban J connectivity index is 0.000000171. The minimum atomic E-state index is -5.17. The molecule has 0 bridgehead atoms. The second-order valence-corrected chi connectivity index (χ2v) is 10.5. The molecule has 0 N–H and O–H groups in total. The van der Waals surface area contributed by atoms with E-state index in [4.69, 9.17) is 37.0 Å². The van der Waals surface area contributed by atoms with Crippen molar-refractivity contribution in [3.63, 3.8) is 0 Å². The van der Waals surface area contributed by atoms with E-state index >= 15 is 0 Å². The lowest BCUT2D eigenvalue weighted by Gasteiger charge is -2.09. The number of ether oxygens (including phenoxy) is 2. The molecular formula is C32H34N4O6S. The molecule has 0 unspecified atom stereocenters. The third-order valence-corrected chi connectivity index (χ3v) is 7.23. The highest BCUT2D eigenvalue weighted by atomic mass is 32.3. The molecule has 0 saturated heterocycles. The lowest BCUT2D eigenvalue weighted by molar-refractivity contribution is -0.618. The maximum Gasteiger partial charge on any atom is 0.235 e. The SMILES string of the molecule is CCc1ccc2c(nc3ccccc3[n+]2C)c1OC.CCc1ccc2c(nc3ccccc3[n+]2C)c1OC.O=S(=O)([O-])[O-]. The molecular weight excluding hydrogens is 568 g/mol. The van der Waals surface area contributed by atoms with E-state index in [-0.39, 0.29) is 0 Å². The van der Waals surface area contributed by atoms with Crippen molar-refractivity contribution in [2.75, 3.05) is 14.2 Å². The first kappa shape index (κ1) is 31.5. The van der Waals surface area contributed by atoms with Crippen LogP contribution >= 0.6 is 0 Å². The summed E-state index contributed by atoms with van der Waals surface area (Å²) in [6, 6.07) is 24.8. The summed E-state index contributed by atoms with van der Waals surface area (Å²) in [7, 11) is 2.39. The first-order chi connectivity index (χ1) is 20.5. The molecule has 4 aromatic carbocycles. The van der Waals surface area contributed by atoms with Crippen LogP contribution in [0.5, 0.6) is 11.5 Å². The Hall–Kier alpha value is -4.45. The summed E-state index contributed by atoms with van der Waals surface area (Å²) < 4.78 is 49.6. The van der Waals surface area contributed by atoms with Gasteiger partial charge in [-0.3, -0.25) is 8.42 Å². The molecule has 0 radical (unpaired) electrons. The molecule has 0 aliphatic rings. The van der Waals surface area contributed by atoms with Gasteiger partial charge in [-0.25, -0.2) is 9.97 Å². The first-order valence-corrected chi connectivity index (χ1v) is 15.0. The number of hydrogen-bond donors (Lipinski definition) is 0. The van der Waals surface area contributed by atoms with E-state index in [0.717, 1.165) is 68.5 Å². The van der Waals surface area contributed by atoms with Crippen molar-refractivity contribution in [1.82, 2.24) is 9.97 Å². The van der Waals surface area contributed by atoms with E-state index in [1.54, 1.807) is 14.2 Å². The van der Waals surface area contributed by atoms with Crippen molar-refractivity contribution >= 4 is 54.5 Å². The molecule has 6 aromatic rings. The number of rotatable bonds is 4. The predicted octanol–water partition coefficient (Wildman–Crippen LogP) is 4.23. The smallest absolute Gasteiger partial charge is 0.235 e. The summed E-state index contributed by atoms with van der Waals surface area (Å²) in [6.07, 6.45) is 1.88. The van der Waals surface area contributed by atoms with Gasteiger partial charge in [-0.1, -0.05) is 38.1 Å². The Bertz CT molecular complexity index is 1910. The van der Waals surface area contributed by atoms with Crippen molar-refractivity contribution in [3.8, 4) is 11.5 Å². The van der Waals surface area contributed by atoms with Crippen LogP contribution in [-0.4, -0.2) is 41.7 Å². The molecule has 0 spiro atoms. The zero-order chi connectivity index (χ0) is 31.3.